The van der Waals surface area contributed by atoms with Gasteiger partial charge in [0.1, 0.15) is 0 Å². The van der Waals surface area contributed by atoms with Crippen molar-refractivity contribution in [2.24, 2.45) is 17.8 Å². The maximum atomic E-state index is 9.06. The normalized spacial score (nSPS) is 26.3. The van der Waals surface area contributed by atoms with Crippen molar-refractivity contribution in [1.29, 1.82) is 5.26 Å². The highest BCUT2D eigenvalue weighted by molar-refractivity contribution is 5.55. The molecule has 0 spiro atoms. The maximum absolute atomic E-state index is 9.06. The summed E-state index contributed by atoms with van der Waals surface area (Å²) in [7, 11) is 0. The molecule has 0 amide bonds. The Hall–Kier alpha value is -1.49. The first kappa shape index (κ1) is 14.9. The van der Waals surface area contributed by atoms with E-state index in [2.05, 4.69) is 39.1 Å². The second-order valence-corrected chi connectivity index (χ2v) is 6.72. The number of nitriles is 1. The van der Waals surface area contributed by atoms with Crippen LogP contribution in [0.25, 0.3) is 0 Å². The average molecular weight is 270 g/mol. The third kappa shape index (κ3) is 3.33. The summed E-state index contributed by atoms with van der Waals surface area (Å²) in [5, 5.41) is 12.8. The highest BCUT2D eigenvalue weighted by atomic mass is 14.9. The first-order valence-corrected chi connectivity index (χ1v) is 7.78. The van der Waals surface area contributed by atoms with Gasteiger partial charge in [0.15, 0.2) is 0 Å². The van der Waals surface area contributed by atoms with Crippen LogP contribution in [0.3, 0.4) is 0 Å². The van der Waals surface area contributed by atoms with E-state index >= 15 is 0 Å². The predicted molar refractivity (Wildman–Crippen MR) is 84.6 cm³/mol. The number of anilines is 1. The maximum Gasteiger partial charge on any atom is 0.0992 e. The third-order valence-electron chi connectivity index (χ3n) is 4.73. The molecule has 1 fully saturated rings. The molecular weight excluding hydrogens is 244 g/mol. The molecule has 0 bridgehead atoms. The molecule has 0 aromatic heterocycles. The number of hydrogen-bond donors (Lipinski definition) is 1. The summed E-state index contributed by atoms with van der Waals surface area (Å²) in [6.45, 7) is 9.12. The van der Waals surface area contributed by atoms with E-state index in [-0.39, 0.29) is 0 Å². The Balaban J connectivity index is 2.20. The summed E-state index contributed by atoms with van der Waals surface area (Å²) >= 11 is 0. The molecule has 2 rings (SSSR count). The molecule has 1 aliphatic carbocycles. The van der Waals surface area contributed by atoms with Crippen LogP contribution in [0.15, 0.2) is 18.2 Å². The van der Waals surface area contributed by atoms with Gasteiger partial charge in [0.25, 0.3) is 0 Å². The number of nitrogens with one attached hydrogen (secondary N) is 1. The van der Waals surface area contributed by atoms with Crippen LogP contribution >= 0.6 is 0 Å². The van der Waals surface area contributed by atoms with Gasteiger partial charge in [0, 0.05) is 11.7 Å². The fraction of sp³-hybridized carbons (Fsp3) is 0.611. The number of hydrogen-bond acceptors (Lipinski definition) is 2. The van der Waals surface area contributed by atoms with Crippen molar-refractivity contribution in [3.63, 3.8) is 0 Å². The van der Waals surface area contributed by atoms with Crippen LogP contribution in [-0.2, 0) is 0 Å². The molecule has 0 aliphatic heterocycles. The van der Waals surface area contributed by atoms with Crippen molar-refractivity contribution in [1.82, 2.24) is 0 Å². The van der Waals surface area contributed by atoms with E-state index in [1.54, 1.807) is 0 Å². The van der Waals surface area contributed by atoms with E-state index in [1.807, 2.05) is 18.2 Å². The smallest absolute Gasteiger partial charge is 0.0992 e. The standard InChI is InChI=1S/C18H26N2/c1-12(2)16-8-5-13(3)9-18(16)20-17-10-15(11-19)7-6-14(17)4/h6-7,10,12-13,16,18,20H,5,8-9H2,1-4H3. The molecule has 1 saturated carbocycles. The average Bonchev–Trinajstić information content (AvgIpc) is 2.41. The van der Waals surface area contributed by atoms with E-state index < -0.39 is 0 Å². The zero-order chi connectivity index (χ0) is 14.7. The van der Waals surface area contributed by atoms with Crippen LogP contribution in [-0.4, -0.2) is 6.04 Å². The van der Waals surface area contributed by atoms with Crippen molar-refractivity contribution in [3.8, 4) is 6.07 Å². The quantitative estimate of drug-likeness (QED) is 0.861. The lowest BCUT2D eigenvalue weighted by Crippen LogP contribution is -2.38. The minimum absolute atomic E-state index is 0.534. The molecule has 108 valence electrons. The minimum Gasteiger partial charge on any atom is -0.382 e. The molecule has 1 aromatic rings. The van der Waals surface area contributed by atoms with Crippen LogP contribution in [0.1, 0.15) is 51.2 Å². The summed E-state index contributed by atoms with van der Waals surface area (Å²) in [4.78, 5) is 0. The van der Waals surface area contributed by atoms with Crippen LogP contribution < -0.4 is 5.32 Å². The molecule has 2 nitrogen and oxygen atoms in total. The van der Waals surface area contributed by atoms with E-state index in [0.717, 1.165) is 23.1 Å². The molecule has 0 radical (unpaired) electrons. The third-order valence-corrected chi connectivity index (χ3v) is 4.73. The van der Waals surface area contributed by atoms with Gasteiger partial charge in [-0.15, -0.1) is 0 Å². The number of aryl methyl sites for hydroxylation is 1. The van der Waals surface area contributed by atoms with E-state index in [4.69, 9.17) is 5.26 Å². The van der Waals surface area contributed by atoms with Gasteiger partial charge in [-0.2, -0.15) is 5.26 Å². The molecule has 20 heavy (non-hydrogen) atoms. The Morgan fingerprint density at radius 1 is 1.30 bits per heavy atom. The molecule has 1 aromatic carbocycles. The van der Waals surface area contributed by atoms with Gasteiger partial charge in [-0.1, -0.05) is 33.3 Å². The van der Waals surface area contributed by atoms with Gasteiger partial charge in [0.2, 0.25) is 0 Å². The number of benzene rings is 1. The molecule has 1 aliphatic rings. The first-order valence-electron chi connectivity index (χ1n) is 7.78. The summed E-state index contributed by atoms with van der Waals surface area (Å²) < 4.78 is 0. The van der Waals surface area contributed by atoms with Crippen LogP contribution in [0, 0.1) is 36.0 Å². The lowest BCUT2D eigenvalue weighted by Gasteiger charge is -2.38. The Bertz CT molecular complexity index is 499. The van der Waals surface area contributed by atoms with E-state index in [0.29, 0.717) is 12.0 Å². The topological polar surface area (TPSA) is 35.8 Å². The fourth-order valence-corrected chi connectivity index (χ4v) is 3.41. The zero-order valence-corrected chi connectivity index (χ0v) is 13.1. The molecular formula is C18H26N2. The van der Waals surface area contributed by atoms with Crippen molar-refractivity contribution < 1.29 is 0 Å². The lowest BCUT2D eigenvalue weighted by atomic mass is 9.74. The van der Waals surface area contributed by atoms with Crippen molar-refractivity contribution in [3.05, 3.63) is 29.3 Å². The summed E-state index contributed by atoms with van der Waals surface area (Å²) in [5.74, 6) is 2.23. The van der Waals surface area contributed by atoms with Crippen molar-refractivity contribution in [2.75, 3.05) is 5.32 Å². The Morgan fingerprint density at radius 2 is 2.05 bits per heavy atom. The second kappa shape index (κ2) is 6.31. The summed E-state index contributed by atoms with van der Waals surface area (Å²) in [5.41, 5.74) is 3.10. The van der Waals surface area contributed by atoms with Crippen LogP contribution in [0.4, 0.5) is 5.69 Å². The summed E-state index contributed by atoms with van der Waals surface area (Å²) in [6, 6.07) is 8.69. The van der Waals surface area contributed by atoms with Gasteiger partial charge < -0.3 is 5.32 Å². The Labute approximate surface area is 123 Å². The van der Waals surface area contributed by atoms with Gasteiger partial charge in [-0.25, -0.2) is 0 Å². The molecule has 3 atom stereocenters. The Kier molecular flexibility index (Phi) is 4.70. The second-order valence-electron chi connectivity index (χ2n) is 6.72. The molecule has 1 N–H and O–H groups in total. The van der Waals surface area contributed by atoms with E-state index in [1.165, 1.54) is 24.8 Å². The molecule has 2 heteroatoms. The van der Waals surface area contributed by atoms with Crippen LogP contribution in [0.5, 0.6) is 0 Å². The van der Waals surface area contributed by atoms with Gasteiger partial charge in [0.05, 0.1) is 11.6 Å². The predicted octanol–water partition coefficient (Wildman–Crippen LogP) is 4.74. The molecule has 3 unspecified atom stereocenters. The zero-order valence-electron chi connectivity index (χ0n) is 13.1. The van der Waals surface area contributed by atoms with Crippen molar-refractivity contribution >= 4 is 5.69 Å². The SMILES string of the molecule is Cc1ccc(C#N)cc1NC1CC(C)CCC1C(C)C. The highest BCUT2D eigenvalue weighted by Crippen LogP contribution is 2.35. The minimum atomic E-state index is 0.534. The number of nitrogens with zero attached hydrogens (tertiary/aromatic N) is 1. The van der Waals surface area contributed by atoms with Gasteiger partial charge in [-0.05, 0) is 55.2 Å². The van der Waals surface area contributed by atoms with Gasteiger partial charge >= 0.3 is 0 Å². The molecule has 0 heterocycles. The highest BCUT2D eigenvalue weighted by Gasteiger charge is 2.30. The first-order chi connectivity index (χ1) is 9.51. The summed E-state index contributed by atoms with van der Waals surface area (Å²) in [6.07, 6.45) is 3.89. The lowest BCUT2D eigenvalue weighted by molar-refractivity contribution is 0.212. The number of rotatable bonds is 3. The largest absolute Gasteiger partial charge is 0.382 e. The van der Waals surface area contributed by atoms with Gasteiger partial charge in [-0.3, -0.25) is 0 Å². The van der Waals surface area contributed by atoms with Crippen molar-refractivity contribution in [2.45, 2.75) is 53.0 Å². The monoisotopic (exact) mass is 270 g/mol. The van der Waals surface area contributed by atoms with E-state index in [9.17, 15) is 0 Å². The fourth-order valence-electron chi connectivity index (χ4n) is 3.41. The molecule has 0 saturated heterocycles. The Morgan fingerprint density at radius 3 is 2.70 bits per heavy atom. The van der Waals surface area contributed by atoms with Crippen LogP contribution in [0.2, 0.25) is 0 Å².